The van der Waals surface area contributed by atoms with Gasteiger partial charge in [0, 0.05) is 36.2 Å². The Morgan fingerprint density at radius 2 is 2.11 bits per heavy atom. The second-order valence-electron chi connectivity index (χ2n) is 10.3. The number of anilines is 2. The van der Waals surface area contributed by atoms with Crippen LogP contribution in [0.1, 0.15) is 74.4 Å². The van der Waals surface area contributed by atoms with Crippen LogP contribution in [0.4, 0.5) is 20.8 Å². The number of alkyl halides is 1. The van der Waals surface area contributed by atoms with E-state index in [4.69, 9.17) is 14.5 Å². The maximum atomic E-state index is 15.2. The average Bonchev–Trinajstić information content (AvgIpc) is 3.66. The quantitative estimate of drug-likeness (QED) is 0.442. The standard InChI is InChI=1S/C24H30FN7O3/c1-24(7-8-24)28-23(33)35-19-6-5-15(21(19)25)16-10-20(30-29-16)27-22-18-9-14(12-34-2)31-32(18)11-17(26-22)13-3-4-13/h9-11,13,15,19,21H,3-8,12H2,1-2H3,(H,28,33)(H2,26,27,29,30)/t15-,19-,21+/m1/s1. The molecule has 1 amide bonds. The van der Waals surface area contributed by atoms with Crippen molar-refractivity contribution < 1.29 is 18.7 Å². The van der Waals surface area contributed by atoms with Gasteiger partial charge in [0.05, 0.1) is 24.2 Å². The van der Waals surface area contributed by atoms with E-state index in [9.17, 15) is 4.79 Å². The highest BCUT2D eigenvalue weighted by Gasteiger charge is 2.43. The monoisotopic (exact) mass is 483 g/mol. The number of rotatable bonds is 8. The van der Waals surface area contributed by atoms with Crippen LogP contribution in [0.2, 0.25) is 0 Å². The van der Waals surface area contributed by atoms with Crippen LogP contribution in [0.5, 0.6) is 0 Å². The molecular weight excluding hydrogens is 453 g/mol. The molecule has 3 aromatic rings. The van der Waals surface area contributed by atoms with Gasteiger partial charge in [-0.2, -0.15) is 10.2 Å². The third-order valence-corrected chi connectivity index (χ3v) is 7.22. The minimum Gasteiger partial charge on any atom is -0.443 e. The van der Waals surface area contributed by atoms with E-state index in [0.717, 1.165) is 42.6 Å². The summed E-state index contributed by atoms with van der Waals surface area (Å²) in [4.78, 5) is 17.0. The van der Waals surface area contributed by atoms with Crippen LogP contribution < -0.4 is 10.6 Å². The van der Waals surface area contributed by atoms with Gasteiger partial charge < -0.3 is 20.1 Å². The molecule has 3 heterocycles. The first-order valence-electron chi connectivity index (χ1n) is 12.2. The summed E-state index contributed by atoms with van der Waals surface area (Å²) in [6, 6.07) is 3.74. The van der Waals surface area contributed by atoms with Crippen molar-refractivity contribution in [2.24, 2.45) is 0 Å². The first-order valence-corrected chi connectivity index (χ1v) is 12.2. The predicted octanol–water partition coefficient (Wildman–Crippen LogP) is 4.08. The Hall–Kier alpha value is -3.21. The number of halogens is 1. The normalized spacial score (nSPS) is 25.1. The number of hydrogen-bond donors (Lipinski definition) is 3. The van der Waals surface area contributed by atoms with Crippen LogP contribution in [0.25, 0.3) is 5.52 Å². The number of aromatic nitrogens is 5. The molecule has 3 aliphatic rings. The molecule has 186 valence electrons. The second kappa shape index (κ2) is 8.47. The molecule has 3 saturated carbocycles. The number of amides is 1. The van der Waals surface area contributed by atoms with Crippen molar-refractivity contribution in [2.75, 3.05) is 12.4 Å². The summed E-state index contributed by atoms with van der Waals surface area (Å²) in [5.74, 6) is 1.23. The molecule has 35 heavy (non-hydrogen) atoms. The van der Waals surface area contributed by atoms with Crippen LogP contribution >= 0.6 is 0 Å². The fourth-order valence-corrected chi connectivity index (χ4v) is 4.76. The summed E-state index contributed by atoms with van der Waals surface area (Å²) in [7, 11) is 1.64. The van der Waals surface area contributed by atoms with E-state index in [1.807, 2.05) is 23.7 Å². The third kappa shape index (κ3) is 4.56. The Kier molecular flexibility index (Phi) is 5.39. The summed E-state index contributed by atoms with van der Waals surface area (Å²) in [5, 5.41) is 18.0. The van der Waals surface area contributed by atoms with Crippen LogP contribution in [-0.2, 0) is 16.1 Å². The van der Waals surface area contributed by atoms with Gasteiger partial charge in [0.25, 0.3) is 0 Å². The van der Waals surface area contributed by atoms with Crippen molar-refractivity contribution in [1.82, 2.24) is 30.1 Å². The molecule has 0 aliphatic heterocycles. The van der Waals surface area contributed by atoms with Gasteiger partial charge in [-0.1, -0.05) is 0 Å². The van der Waals surface area contributed by atoms with Crippen molar-refractivity contribution in [1.29, 1.82) is 0 Å². The third-order valence-electron chi connectivity index (χ3n) is 7.22. The van der Waals surface area contributed by atoms with E-state index < -0.39 is 24.3 Å². The number of carbonyl (C=O) groups excluding carboxylic acids is 1. The number of hydrogen-bond acceptors (Lipinski definition) is 7. The predicted molar refractivity (Wildman–Crippen MR) is 125 cm³/mol. The molecule has 0 saturated heterocycles. The van der Waals surface area contributed by atoms with Gasteiger partial charge in [0.1, 0.15) is 17.8 Å². The zero-order valence-corrected chi connectivity index (χ0v) is 19.9. The molecule has 6 rings (SSSR count). The largest absolute Gasteiger partial charge is 0.443 e. The van der Waals surface area contributed by atoms with Crippen molar-refractivity contribution in [3.63, 3.8) is 0 Å². The first-order chi connectivity index (χ1) is 16.9. The number of alkyl carbamates (subject to hydrolysis) is 1. The van der Waals surface area contributed by atoms with E-state index in [2.05, 4.69) is 25.9 Å². The van der Waals surface area contributed by atoms with E-state index >= 15 is 4.39 Å². The van der Waals surface area contributed by atoms with E-state index in [-0.39, 0.29) is 5.54 Å². The van der Waals surface area contributed by atoms with E-state index in [1.54, 1.807) is 13.2 Å². The molecule has 3 aliphatic carbocycles. The lowest BCUT2D eigenvalue weighted by Crippen LogP contribution is -2.38. The number of methoxy groups -OCH3 is 1. The lowest BCUT2D eigenvalue weighted by molar-refractivity contribution is 0.0546. The Balaban J connectivity index is 1.17. The Bertz CT molecular complexity index is 1250. The summed E-state index contributed by atoms with van der Waals surface area (Å²) in [6.45, 7) is 2.37. The number of H-pyrrole nitrogens is 1. The number of aromatic amines is 1. The van der Waals surface area contributed by atoms with Crippen molar-refractivity contribution in [3.8, 4) is 0 Å². The molecule has 3 N–H and O–H groups in total. The van der Waals surface area contributed by atoms with Crippen molar-refractivity contribution >= 4 is 23.2 Å². The van der Waals surface area contributed by atoms with Gasteiger partial charge in [0.15, 0.2) is 11.6 Å². The zero-order valence-electron chi connectivity index (χ0n) is 19.9. The van der Waals surface area contributed by atoms with Crippen LogP contribution in [0.3, 0.4) is 0 Å². The average molecular weight is 484 g/mol. The lowest BCUT2D eigenvalue weighted by atomic mass is 10.0. The molecular formula is C24H30FN7O3. The SMILES string of the molecule is COCc1cc2c(Nc3cc([C@H]4CC[C@@H](OC(=O)NC5(C)CC5)[C@H]4F)[nH]n3)nc(C3CC3)cn2n1. The fraction of sp³-hybridized carbons (Fsp3) is 0.583. The number of carbonyl (C=O) groups is 1. The Morgan fingerprint density at radius 1 is 1.29 bits per heavy atom. The number of fused-ring (bicyclic) bond motifs is 1. The maximum Gasteiger partial charge on any atom is 0.407 e. The Morgan fingerprint density at radius 3 is 2.86 bits per heavy atom. The molecule has 3 atom stereocenters. The van der Waals surface area contributed by atoms with Gasteiger partial charge >= 0.3 is 6.09 Å². The van der Waals surface area contributed by atoms with Gasteiger partial charge in [-0.15, -0.1) is 0 Å². The van der Waals surface area contributed by atoms with E-state index in [1.165, 1.54) is 0 Å². The van der Waals surface area contributed by atoms with Crippen LogP contribution in [0.15, 0.2) is 18.3 Å². The molecule has 10 nitrogen and oxygen atoms in total. The van der Waals surface area contributed by atoms with Crippen molar-refractivity contribution in [3.05, 3.63) is 35.4 Å². The minimum absolute atomic E-state index is 0.194. The fourth-order valence-electron chi connectivity index (χ4n) is 4.76. The van der Waals surface area contributed by atoms with Crippen LogP contribution in [0, 0.1) is 0 Å². The number of nitrogens with zero attached hydrogens (tertiary/aromatic N) is 4. The second-order valence-corrected chi connectivity index (χ2v) is 10.3. The minimum atomic E-state index is -1.30. The molecule has 3 aromatic heterocycles. The molecule has 0 spiro atoms. The highest BCUT2D eigenvalue weighted by molar-refractivity contribution is 5.73. The van der Waals surface area contributed by atoms with Gasteiger partial charge in [-0.05, 0) is 51.5 Å². The van der Waals surface area contributed by atoms with Crippen LogP contribution in [-0.4, -0.2) is 55.8 Å². The van der Waals surface area contributed by atoms with Gasteiger partial charge in [-0.25, -0.2) is 18.7 Å². The van der Waals surface area contributed by atoms with Gasteiger partial charge in [0.2, 0.25) is 0 Å². The lowest BCUT2D eigenvalue weighted by Gasteiger charge is -2.19. The summed E-state index contributed by atoms with van der Waals surface area (Å²) in [6.07, 6.45) is 4.52. The first kappa shape index (κ1) is 22.3. The molecule has 11 heteroatoms. The highest BCUT2D eigenvalue weighted by atomic mass is 19.1. The number of nitrogens with one attached hydrogen (secondary N) is 3. The van der Waals surface area contributed by atoms with Crippen molar-refractivity contribution in [2.45, 2.75) is 81.7 Å². The zero-order chi connectivity index (χ0) is 24.2. The molecule has 0 bridgehead atoms. The molecule has 0 radical (unpaired) electrons. The highest BCUT2D eigenvalue weighted by Crippen LogP contribution is 2.41. The van der Waals surface area contributed by atoms with Gasteiger partial charge in [-0.3, -0.25) is 5.10 Å². The smallest absolute Gasteiger partial charge is 0.407 e. The number of ether oxygens (including phenoxy) is 2. The molecule has 3 fully saturated rings. The van der Waals surface area contributed by atoms with E-state index in [0.29, 0.717) is 42.7 Å². The topological polar surface area (TPSA) is 118 Å². The molecule has 0 unspecified atom stereocenters. The Labute approximate surface area is 202 Å². The maximum absolute atomic E-state index is 15.2. The molecule has 0 aromatic carbocycles. The summed E-state index contributed by atoms with van der Waals surface area (Å²) < 4.78 is 27.7. The summed E-state index contributed by atoms with van der Waals surface area (Å²) >= 11 is 0. The summed E-state index contributed by atoms with van der Waals surface area (Å²) in [5.41, 5.74) is 3.09.